The van der Waals surface area contributed by atoms with Gasteiger partial charge in [0.15, 0.2) is 0 Å². The van der Waals surface area contributed by atoms with Crippen molar-refractivity contribution in [1.82, 2.24) is 4.98 Å². The fraction of sp³-hybridized carbons (Fsp3) is 0.167. The minimum Gasteiger partial charge on any atom is -0.468 e. The van der Waals surface area contributed by atoms with Gasteiger partial charge in [-0.05, 0) is 30.7 Å². The fourth-order valence-corrected chi connectivity index (χ4v) is 2.30. The molecule has 0 spiro atoms. The Bertz CT molecular complexity index is 536. The second-order valence-electron chi connectivity index (χ2n) is 3.59. The fourth-order valence-electron chi connectivity index (χ4n) is 1.40. The van der Waals surface area contributed by atoms with Gasteiger partial charge in [-0.15, -0.1) is 11.8 Å². The molecule has 0 aliphatic carbocycles. The van der Waals surface area contributed by atoms with Crippen LogP contribution >= 0.6 is 11.8 Å². The highest BCUT2D eigenvalue weighted by Gasteiger charge is 2.04. The van der Waals surface area contributed by atoms with E-state index in [9.17, 15) is 0 Å². The van der Waals surface area contributed by atoms with E-state index >= 15 is 0 Å². The van der Waals surface area contributed by atoms with Gasteiger partial charge in [-0.3, -0.25) is 10.4 Å². The Labute approximate surface area is 104 Å². The lowest BCUT2D eigenvalue weighted by Gasteiger charge is -2.03. The zero-order valence-corrected chi connectivity index (χ0v) is 10.3. The summed E-state index contributed by atoms with van der Waals surface area (Å²) in [7, 11) is 0. The third-order valence-corrected chi connectivity index (χ3v) is 3.52. The Kier molecular flexibility index (Phi) is 3.49. The van der Waals surface area contributed by atoms with Gasteiger partial charge in [0.1, 0.15) is 17.3 Å². The lowest BCUT2D eigenvalue weighted by molar-refractivity contribution is 0.527. The molecule has 3 N–H and O–H groups in total. The minimum atomic E-state index is -0.00339. The average molecular weight is 247 g/mol. The van der Waals surface area contributed by atoms with Gasteiger partial charge >= 0.3 is 0 Å². The number of hydrogen-bond donors (Lipinski definition) is 2. The number of aromatic nitrogens is 1. The number of aryl methyl sites for hydroxylation is 1. The molecular weight excluding hydrogens is 234 g/mol. The average Bonchev–Trinajstić information content (AvgIpc) is 2.72. The van der Waals surface area contributed by atoms with E-state index in [0.29, 0.717) is 5.69 Å². The Hall–Kier alpha value is -1.75. The van der Waals surface area contributed by atoms with Crippen LogP contribution in [0.1, 0.15) is 17.0 Å². The number of nitrogens with zero attached hydrogens (tertiary/aromatic N) is 1. The molecule has 5 heteroatoms. The minimum absolute atomic E-state index is 0.00339. The van der Waals surface area contributed by atoms with Crippen LogP contribution in [-0.4, -0.2) is 10.8 Å². The number of hydrogen-bond acceptors (Lipinski definition) is 4. The summed E-state index contributed by atoms with van der Waals surface area (Å²) < 4.78 is 5.23. The molecular formula is C12H13N3OS. The van der Waals surface area contributed by atoms with Crippen LogP contribution in [-0.2, 0) is 5.75 Å². The summed E-state index contributed by atoms with van der Waals surface area (Å²) >= 11 is 1.69. The Balaban J connectivity index is 2.07. The van der Waals surface area contributed by atoms with Crippen LogP contribution in [0.4, 0.5) is 0 Å². The van der Waals surface area contributed by atoms with E-state index in [2.05, 4.69) is 4.98 Å². The van der Waals surface area contributed by atoms with E-state index in [1.807, 2.05) is 25.1 Å². The van der Waals surface area contributed by atoms with E-state index < -0.39 is 0 Å². The first-order chi connectivity index (χ1) is 8.16. The van der Waals surface area contributed by atoms with Crippen molar-refractivity contribution in [1.29, 1.82) is 5.41 Å². The number of nitrogen functional groups attached to an aromatic ring is 1. The molecule has 0 unspecified atom stereocenters. The Morgan fingerprint density at radius 1 is 1.53 bits per heavy atom. The monoisotopic (exact) mass is 247 g/mol. The van der Waals surface area contributed by atoms with Crippen LogP contribution in [0.25, 0.3) is 0 Å². The van der Waals surface area contributed by atoms with Crippen molar-refractivity contribution in [2.45, 2.75) is 17.6 Å². The van der Waals surface area contributed by atoms with Gasteiger partial charge in [0.05, 0.1) is 6.26 Å². The van der Waals surface area contributed by atoms with E-state index in [1.165, 1.54) is 0 Å². The number of thioether (sulfide) groups is 1. The summed E-state index contributed by atoms with van der Waals surface area (Å²) in [6, 6.07) is 5.71. The normalized spacial score (nSPS) is 10.4. The quantitative estimate of drug-likeness (QED) is 0.494. The van der Waals surface area contributed by atoms with E-state index in [0.717, 1.165) is 22.0 Å². The molecule has 0 saturated heterocycles. The summed E-state index contributed by atoms with van der Waals surface area (Å²) in [5.41, 5.74) is 7.01. The molecule has 4 nitrogen and oxygen atoms in total. The maximum atomic E-state index is 7.33. The number of rotatable bonds is 4. The maximum absolute atomic E-state index is 7.33. The number of furan rings is 1. The van der Waals surface area contributed by atoms with Crippen molar-refractivity contribution >= 4 is 17.6 Å². The van der Waals surface area contributed by atoms with Crippen molar-refractivity contribution in [3.05, 3.63) is 47.7 Å². The second-order valence-corrected chi connectivity index (χ2v) is 4.61. The van der Waals surface area contributed by atoms with Gasteiger partial charge in [0.2, 0.25) is 0 Å². The largest absolute Gasteiger partial charge is 0.468 e. The molecule has 2 rings (SSSR count). The molecule has 88 valence electrons. The first-order valence-corrected chi connectivity index (χ1v) is 6.11. The summed E-state index contributed by atoms with van der Waals surface area (Å²) in [5.74, 6) is 1.73. The molecule has 0 atom stereocenters. The van der Waals surface area contributed by atoms with Crippen molar-refractivity contribution in [2.24, 2.45) is 5.73 Å². The summed E-state index contributed by atoms with van der Waals surface area (Å²) in [5, 5.41) is 7.33. The van der Waals surface area contributed by atoms with E-state index in [-0.39, 0.29) is 5.84 Å². The van der Waals surface area contributed by atoms with Crippen molar-refractivity contribution in [3.63, 3.8) is 0 Å². The summed E-state index contributed by atoms with van der Waals surface area (Å²) in [6.07, 6.45) is 3.36. The zero-order valence-electron chi connectivity index (χ0n) is 9.43. The van der Waals surface area contributed by atoms with Gasteiger partial charge in [-0.2, -0.15) is 0 Å². The molecule has 0 radical (unpaired) electrons. The van der Waals surface area contributed by atoms with Gasteiger partial charge in [0, 0.05) is 16.8 Å². The van der Waals surface area contributed by atoms with E-state index in [1.54, 1.807) is 24.2 Å². The number of pyridine rings is 1. The molecule has 0 fully saturated rings. The molecule has 2 aromatic heterocycles. The molecule has 0 aromatic carbocycles. The standard InChI is InChI=1S/C12H13N3OS/c1-8-11(3-5-16-8)17-7-9-2-4-15-10(6-9)12(13)14/h2-6H,7H2,1H3,(H3,13,14). The summed E-state index contributed by atoms with van der Waals surface area (Å²) in [4.78, 5) is 5.15. The smallest absolute Gasteiger partial charge is 0.141 e. The van der Waals surface area contributed by atoms with E-state index in [4.69, 9.17) is 15.6 Å². The van der Waals surface area contributed by atoms with Crippen LogP contribution in [0, 0.1) is 12.3 Å². The Morgan fingerprint density at radius 3 is 3.00 bits per heavy atom. The topological polar surface area (TPSA) is 75.9 Å². The highest BCUT2D eigenvalue weighted by Crippen LogP contribution is 2.26. The highest BCUT2D eigenvalue weighted by molar-refractivity contribution is 7.98. The highest BCUT2D eigenvalue weighted by atomic mass is 32.2. The maximum Gasteiger partial charge on any atom is 0.141 e. The lowest BCUT2D eigenvalue weighted by Crippen LogP contribution is -2.13. The third-order valence-electron chi connectivity index (χ3n) is 2.31. The van der Waals surface area contributed by atoms with Crippen LogP contribution < -0.4 is 5.73 Å². The van der Waals surface area contributed by atoms with Crippen LogP contribution in [0.3, 0.4) is 0 Å². The Morgan fingerprint density at radius 2 is 2.35 bits per heavy atom. The SMILES string of the molecule is Cc1occc1SCc1ccnc(C(=N)N)c1. The first-order valence-electron chi connectivity index (χ1n) is 5.13. The zero-order chi connectivity index (χ0) is 12.3. The third kappa shape index (κ3) is 2.88. The molecule has 0 aliphatic heterocycles. The lowest BCUT2D eigenvalue weighted by atomic mass is 10.2. The van der Waals surface area contributed by atoms with Gasteiger partial charge in [0.25, 0.3) is 0 Å². The van der Waals surface area contributed by atoms with Crippen molar-refractivity contribution in [2.75, 3.05) is 0 Å². The predicted molar refractivity (Wildman–Crippen MR) is 68.3 cm³/mol. The van der Waals surface area contributed by atoms with Crippen molar-refractivity contribution in [3.8, 4) is 0 Å². The van der Waals surface area contributed by atoms with Crippen LogP contribution in [0.2, 0.25) is 0 Å². The molecule has 2 heterocycles. The molecule has 0 amide bonds. The van der Waals surface area contributed by atoms with Gasteiger partial charge in [-0.25, -0.2) is 0 Å². The predicted octanol–water partition coefficient (Wildman–Crippen LogP) is 2.56. The molecule has 0 saturated carbocycles. The molecule has 0 aliphatic rings. The molecule has 0 bridgehead atoms. The van der Waals surface area contributed by atoms with Crippen LogP contribution in [0.5, 0.6) is 0 Å². The first kappa shape index (κ1) is 11.7. The molecule has 2 aromatic rings. The number of nitrogens with two attached hydrogens (primary N) is 1. The second kappa shape index (κ2) is 5.05. The summed E-state index contributed by atoms with van der Waals surface area (Å²) in [6.45, 7) is 1.94. The number of nitrogens with one attached hydrogen (secondary N) is 1. The van der Waals surface area contributed by atoms with Crippen molar-refractivity contribution < 1.29 is 4.42 Å². The molecule has 17 heavy (non-hydrogen) atoms. The van der Waals surface area contributed by atoms with Gasteiger partial charge in [-0.1, -0.05) is 0 Å². The number of amidine groups is 1. The van der Waals surface area contributed by atoms with Gasteiger partial charge < -0.3 is 10.2 Å². The van der Waals surface area contributed by atoms with Crippen LogP contribution in [0.15, 0.2) is 40.0 Å².